The van der Waals surface area contributed by atoms with Gasteiger partial charge in [0.05, 0.1) is 0 Å². The fourth-order valence-corrected chi connectivity index (χ4v) is 8.58. The van der Waals surface area contributed by atoms with Crippen molar-refractivity contribution in [1.82, 2.24) is 0 Å². The van der Waals surface area contributed by atoms with E-state index in [9.17, 15) is 0 Å². The van der Waals surface area contributed by atoms with Crippen molar-refractivity contribution < 1.29 is 0 Å². The topological polar surface area (TPSA) is 0 Å². The van der Waals surface area contributed by atoms with Crippen molar-refractivity contribution in [2.75, 3.05) is 0 Å². The van der Waals surface area contributed by atoms with Gasteiger partial charge < -0.3 is 0 Å². The number of hydrogen-bond donors (Lipinski definition) is 0. The molecule has 0 N–H and O–H groups in total. The molecule has 1 aromatic rings. The number of rotatable bonds is 6. The van der Waals surface area contributed by atoms with Gasteiger partial charge in [-0.3, -0.25) is 0 Å². The summed E-state index contributed by atoms with van der Waals surface area (Å²) in [5.41, 5.74) is 0. The first kappa shape index (κ1) is 16.8. The molecule has 102 valence electrons. The van der Waals surface area contributed by atoms with E-state index in [0.717, 1.165) is 14.4 Å². The summed E-state index contributed by atoms with van der Waals surface area (Å²) >= 11 is 1.93. The standard InChI is InChI=1S/C15H24Se3/c1-10(2)16-13-7-14(17-11(3)4)9-15(8-13)18-12(5)6/h7-12H,1-6H3. The van der Waals surface area contributed by atoms with E-state index < -0.39 is 0 Å². The molecule has 1 aromatic carbocycles. The second-order valence-corrected chi connectivity index (χ2v) is 15.5. The molecule has 0 aliphatic heterocycles. The Bertz CT molecular complexity index is 301. The average Bonchev–Trinajstić information content (AvgIpc) is 2.12. The van der Waals surface area contributed by atoms with Crippen LogP contribution in [0.1, 0.15) is 41.5 Å². The molecule has 0 amide bonds. The Kier molecular flexibility index (Phi) is 7.62. The van der Waals surface area contributed by atoms with E-state index >= 15 is 0 Å². The summed E-state index contributed by atoms with van der Waals surface area (Å²) in [5.74, 6) is 0. The molecule has 0 radical (unpaired) electrons. The van der Waals surface area contributed by atoms with E-state index in [4.69, 9.17) is 0 Å². The molecule has 1 rings (SSSR count). The Morgan fingerprint density at radius 2 is 0.778 bits per heavy atom. The van der Waals surface area contributed by atoms with E-state index in [1.165, 1.54) is 0 Å². The molecule has 0 spiro atoms. The third kappa shape index (κ3) is 6.80. The van der Waals surface area contributed by atoms with Gasteiger partial charge in [-0.1, -0.05) is 0 Å². The average molecular weight is 441 g/mol. The van der Waals surface area contributed by atoms with Crippen LogP contribution in [0.15, 0.2) is 18.2 Å². The second-order valence-electron chi connectivity index (χ2n) is 5.14. The molecule has 0 saturated heterocycles. The fraction of sp³-hybridized carbons (Fsp3) is 0.600. The molecule has 0 aliphatic rings. The summed E-state index contributed by atoms with van der Waals surface area (Å²) in [4.78, 5) is 2.45. The van der Waals surface area contributed by atoms with Gasteiger partial charge in [-0.05, 0) is 0 Å². The fourth-order valence-electron chi connectivity index (χ4n) is 1.57. The zero-order valence-corrected chi connectivity index (χ0v) is 17.3. The molecule has 0 fully saturated rings. The Balaban J connectivity index is 2.95. The van der Waals surface area contributed by atoms with Crippen LogP contribution < -0.4 is 13.4 Å². The van der Waals surface area contributed by atoms with Gasteiger partial charge in [-0.25, -0.2) is 0 Å². The number of benzene rings is 1. The molecule has 0 unspecified atom stereocenters. The van der Waals surface area contributed by atoms with Gasteiger partial charge in [0.1, 0.15) is 0 Å². The van der Waals surface area contributed by atoms with E-state index in [2.05, 4.69) is 59.7 Å². The molecule has 0 aliphatic carbocycles. The maximum atomic E-state index is 2.49. The van der Waals surface area contributed by atoms with Crippen molar-refractivity contribution >= 4 is 58.3 Å². The van der Waals surface area contributed by atoms with E-state index in [-0.39, 0.29) is 0 Å². The Morgan fingerprint density at radius 1 is 0.556 bits per heavy atom. The monoisotopic (exact) mass is 444 g/mol. The third-order valence-electron chi connectivity index (χ3n) is 1.97. The van der Waals surface area contributed by atoms with Crippen LogP contribution in [0.2, 0.25) is 14.4 Å². The molecular formula is C15H24Se3. The summed E-state index contributed by atoms with van der Waals surface area (Å²) in [6, 6.07) is 7.46. The molecule has 18 heavy (non-hydrogen) atoms. The van der Waals surface area contributed by atoms with Crippen LogP contribution in [0.4, 0.5) is 0 Å². The van der Waals surface area contributed by atoms with Gasteiger partial charge >= 0.3 is 132 Å². The molecule has 0 saturated carbocycles. The maximum absolute atomic E-state index is 2.49. The van der Waals surface area contributed by atoms with Crippen LogP contribution in [-0.4, -0.2) is 44.9 Å². The van der Waals surface area contributed by atoms with Crippen molar-refractivity contribution in [1.29, 1.82) is 0 Å². The van der Waals surface area contributed by atoms with Crippen LogP contribution in [0.5, 0.6) is 0 Å². The van der Waals surface area contributed by atoms with Crippen LogP contribution in [-0.2, 0) is 0 Å². The summed E-state index contributed by atoms with van der Waals surface area (Å²) in [7, 11) is 0. The van der Waals surface area contributed by atoms with E-state index in [1.807, 2.05) is 0 Å². The SMILES string of the molecule is CC(C)[Se]c1cc([Se]C(C)C)cc([Se]C(C)C)c1. The Hall–Kier alpha value is 0.778. The van der Waals surface area contributed by atoms with Gasteiger partial charge in [0.15, 0.2) is 0 Å². The van der Waals surface area contributed by atoms with Gasteiger partial charge in [0, 0.05) is 0 Å². The zero-order valence-electron chi connectivity index (χ0n) is 12.2. The summed E-state index contributed by atoms with van der Waals surface area (Å²) < 4.78 is 4.86. The predicted molar refractivity (Wildman–Crippen MR) is 87.9 cm³/mol. The minimum absolute atomic E-state index is 0.644. The Morgan fingerprint density at radius 3 is 0.944 bits per heavy atom. The van der Waals surface area contributed by atoms with Gasteiger partial charge in [-0.15, -0.1) is 0 Å². The van der Waals surface area contributed by atoms with Crippen molar-refractivity contribution in [2.24, 2.45) is 0 Å². The van der Waals surface area contributed by atoms with Crippen molar-refractivity contribution in [3.05, 3.63) is 18.2 Å². The molecule has 0 atom stereocenters. The first-order valence-corrected chi connectivity index (χ1v) is 12.1. The van der Waals surface area contributed by atoms with Crippen molar-refractivity contribution in [3.8, 4) is 0 Å². The van der Waals surface area contributed by atoms with Crippen LogP contribution in [0, 0.1) is 0 Å². The molecule has 0 nitrogen and oxygen atoms in total. The quantitative estimate of drug-likeness (QED) is 0.594. The van der Waals surface area contributed by atoms with Crippen molar-refractivity contribution in [3.63, 3.8) is 0 Å². The van der Waals surface area contributed by atoms with Crippen LogP contribution >= 0.6 is 0 Å². The first-order valence-electron chi connectivity index (χ1n) is 6.52. The first-order chi connectivity index (χ1) is 8.36. The number of hydrogen-bond acceptors (Lipinski definition) is 0. The zero-order chi connectivity index (χ0) is 13.7. The normalized spacial score (nSPS) is 11.8. The molecular weight excluding hydrogens is 417 g/mol. The second kappa shape index (κ2) is 8.15. The summed E-state index contributed by atoms with van der Waals surface area (Å²) in [6.45, 7) is 14.0. The minimum atomic E-state index is 0.644. The third-order valence-corrected chi connectivity index (χ3v) is 8.13. The van der Waals surface area contributed by atoms with E-state index in [1.54, 1.807) is 13.4 Å². The van der Waals surface area contributed by atoms with E-state index in [0.29, 0.717) is 44.9 Å². The predicted octanol–water partition coefficient (Wildman–Crippen LogP) is 2.16. The summed E-state index contributed by atoms with van der Waals surface area (Å²) in [5, 5.41) is 0. The Labute approximate surface area is 132 Å². The molecule has 0 heterocycles. The van der Waals surface area contributed by atoms with Gasteiger partial charge in [-0.2, -0.15) is 0 Å². The van der Waals surface area contributed by atoms with Crippen molar-refractivity contribution in [2.45, 2.75) is 56.0 Å². The molecule has 0 aromatic heterocycles. The molecule has 3 heteroatoms. The van der Waals surface area contributed by atoms with Crippen LogP contribution in [0.25, 0.3) is 0 Å². The molecule has 0 bridgehead atoms. The summed E-state index contributed by atoms with van der Waals surface area (Å²) in [6.07, 6.45) is 0. The van der Waals surface area contributed by atoms with Crippen LogP contribution in [0.3, 0.4) is 0 Å². The van der Waals surface area contributed by atoms with Gasteiger partial charge in [0.25, 0.3) is 0 Å². The van der Waals surface area contributed by atoms with Gasteiger partial charge in [0.2, 0.25) is 0 Å².